The number of nitrogens with one attached hydrogen (secondary N) is 2. The molecule has 0 radical (unpaired) electrons. The van der Waals surface area contributed by atoms with E-state index < -0.39 is 0 Å². The molecule has 4 N–H and O–H groups in total. The predicted octanol–water partition coefficient (Wildman–Crippen LogP) is 2.48. The second-order valence-corrected chi connectivity index (χ2v) is 4.56. The van der Waals surface area contributed by atoms with Crippen LogP contribution in [-0.2, 0) is 13.1 Å². The summed E-state index contributed by atoms with van der Waals surface area (Å²) in [7, 11) is 1.59. The summed E-state index contributed by atoms with van der Waals surface area (Å²) < 4.78 is 5.11. The van der Waals surface area contributed by atoms with Crippen LogP contribution in [-0.4, -0.2) is 13.1 Å². The average Bonchev–Trinajstić information content (AvgIpc) is 2.53. The molecule has 0 bridgehead atoms. The fraction of sp³-hybridized carbons (Fsp3) is 0.188. The highest BCUT2D eigenvalue weighted by molar-refractivity contribution is 5.89. The lowest BCUT2D eigenvalue weighted by Crippen LogP contribution is -2.28. The Kier molecular flexibility index (Phi) is 5.17. The van der Waals surface area contributed by atoms with Gasteiger partial charge in [0.25, 0.3) is 0 Å². The van der Waals surface area contributed by atoms with Crippen LogP contribution in [0.3, 0.4) is 0 Å². The number of carbonyl (C=O) groups excluding carboxylic acids is 1. The highest BCUT2D eigenvalue weighted by Crippen LogP contribution is 2.16. The van der Waals surface area contributed by atoms with Gasteiger partial charge in [0.15, 0.2) is 0 Å². The van der Waals surface area contributed by atoms with Crippen LogP contribution in [0.5, 0.6) is 5.75 Å². The zero-order valence-electron chi connectivity index (χ0n) is 11.9. The van der Waals surface area contributed by atoms with E-state index in [-0.39, 0.29) is 6.03 Å². The minimum absolute atomic E-state index is 0.263. The Morgan fingerprint density at radius 2 is 1.90 bits per heavy atom. The number of nitrogens with two attached hydrogens (primary N) is 1. The van der Waals surface area contributed by atoms with E-state index in [9.17, 15) is 4.79 Å². The first kappa shape index (κ1) is 14.9. The number of urea groups is 1. The summed E-state index contributed by atoms with van der Waals surface area (Å²) in [6.07, 6.45) is 0. The Labute approximate surface area is 124 Å². The van der Waals surface area contributed by atoms with Gasteiger partial charge in [-0.05, 0) is 23.3 Å². The van der Waals surface area contributed by atoms with E-state index in [4.69, 9.17) is 10.5 Å². The van der Waals surface area contributed by atoms with Gasteiger partial charge in [-0.2, -0.15) is 0 Å². The maximum atomic E-state index is 11.9. The molecule has 2 aromatic carbocycles. The number of rotatable bonds is 5. The van der Waals surface area contributed by atoms with Gasteiger partial charge in [0.2, 0.25) is 0 Å². The third-order valence-corrected chi connectivity index (χ3v) is 3.01. The first-order valence-electron chi connectivity index (χ1n) is 6.68. The maximum absolute atomic E-state index is 11.9. The van der Waals surface area contributed by atoms with E-state index in [1.807, 2.05) is 36.4 Å². The van der Waals surface area contributed by atoms with Crippen molar-refractivity contribution in [2.24, 2.45) is 5.73 Å². The Hall–Kier alpha value is -2.53. The summed E-state index contributed by atoms with van der Waals surface area (Å²) in [4.78, 5) is 11.9. The van der Waals surface area contributed by atoms with Gasteiger partial charge in [-0.3, -0.25) is 0 Å². The summed E-state index contributed by atoms with van der Waals surface area (Å²) in [5, 5.41) is 5.57. The van der Waals surface area contributed by atoms with Crippen molar-refractivity contribution in [2.45, 2.75) is 13.1 Å². The standard InChI is InChI=1S/C16H19N3O2/c1-21-15-7-3-6-14(9-15)19-16(20)18-11-13-5-2-4-12(8-13)10-17/h2-9H,10-11,17H2,1H3,(H2,18,19,20). The van der Waals surface area contributed by atoms with Crippen molar-refractivity contribution in [3.8, 4) is 5.75 Å². The predicted molar refractivity (Wildman–Crippen MR) is 83.2 cm³/mol. The number of anilines is 1. The molecule has 5 heteroatoms. The van der Waals surface area contributed by atoms with Crippen LogP contribution in [0.4, 0.5) is 10.5 Å². The number of ether oxygens (including phenoxy) is 1. The summed E-state index contributed by atoms with van der Waals surface area (Å²) in [6.45, 7) is 0.938. The summed E-state index contributed by atoms with van der Waals surface area (Å²) in [5.41, 5.74) is 8.33. The third-order valence-electron chi connectivity index (χ3n) is 3.01. The molecule has 0 aliphatic carbocycles. The van der Waals surface area contributed by atoms with Gasteiger partial charge in [0, 0.05) is 24.8 Å². The second-order valence-electron chi connectivity index (χ2n) is 4.56. The molecule has 5 nitrogen and oxygen atoms in total. The lowest BCUT2D eigenvalue weighted by atomic mass is 10.1. The summed E-state index contributed by atoms with van der Waals surface area (Å²) in [5.74, 6) is 0.698. The largest absolute Gasteiger partial charge is 0.497 e. The fourth-order valence-electron chi connectivity index (χ4n) is 1.93. The number of hydrogen-bond acceptors (Lipinski definition) is 3. The molecule has 0 aliphatic rings. The molecule has 0 aromatic heterocycles. The van der Waals surface area contributed by atoms with E-state index in [1.165, 1.54) is 0 Å². The Bertz CT molecular complexity index is 614. The van der Waals surface area contributed by atoms with E-state index in [0.717, 1.165) is 11.1 Å². The maximum Gasteiger partial charge on any atom is 0.319 e. The quantitative estimate of drug-likeness (QED) is 0.790. The molecular formula is C16H19N3O2. The molecule has 21 heavy (non-hydrogen) atoms. The monoisotopic (exact) mass is 285 g/mol. The van der Waals surface area contributed by atoms with Gasteiger partial charge in [-0.25, -0.2) is 4.79 Å². The van der Waals surface area contributed by atoms with E-state index >= 15 is 0 Å². The van der Waals surface area contributed by atoms with Gasteiger partial charge in [-0.15, -0.1) is 0 Å². The molecule has 0 aliphatic heterocycles. The smallest absolute Gasteiger partial charge is 0.319 e. The van der Waals surface area contributed by atoms with E-state index in [1.54, 1.807) is 19.2 Å². The van der Waals surface area contributed by atoms with Crippen molar-refractivity contribution in [1.29, 1.82) is 0 Å². The SMILES string of the molecule is COc1cccc(NC(=O)NCc2cccc(CN)c2)c1. The molecule has 0 saturated carbocycles. The van der Waals surface area contributed by atoms with Crippen LogP contribution in [0, 0.1) is 0 Å². The molecule has 2 rings (SSSR count). The third kappa shape index (κ3) is 4.50. The first-order valence-corrected chi connectivity index (χ1v) is 6.68. The number of hydrogen-bond donors (Lipinski definition) is 3. The van der Waals surface area contributed by atoms with Crippen molar-refractivity contribution in [3.63, 3.8) is 0 Å². The summed E-state index contributed by atoms with van der Waals surface area (Å²) in [6, 6.07) is 14.8. The highest BCUT2D eigenvalue weighted by atomic mass is 16.5. The van der Waals surface area contributed by atoms with E-state index in [0.29, 0.717) is 24.5 Å². The Balaban J connectivity index is 1.89. The van der Waals surface area contributed by atoms with Gasteiger partial charge < -0.3 is 21.1 Å². The molecule has 0 heterocycles. The number of methoxy groups -OCH3 is 1. The number of amides is 2. The lowest BCUT2D eigenvalue weighted by Gasteiger charge is -2.09. The number of carbonyl (C=O) groups is 1. The molecule has 0 unspecified atom stereocenters. The van der Waals surface area contributed by atoms with Crippen molar-refractivity contribution >= 4 is 11.7 Å². The van der Waals surface area contributed by atoms with Crippen LogP contribution in [0.25, 0.3) is 0 Å². The highest BCUT2D eigenvalue weighted by Gasteiger charge is 2.03. The van der Waals surface area contributed by atoms with Crippen LogP contribution >= 0.6 is 0 Å². The zero-order chi connectivity index (χ0) is 15.1. The van der Waals surface area contributed by atoms with Crippen LogP contribution in [0.1, 0.15) is 11.1 Å². The van der Waals surface area contributed by atoms with Crippen molar-refractivity contribution < 1.29 is 9.53 Å². The molecule has 2 aromatic rings. The molecule has 0 saturated heterocycles. The Morgan fingerprint density at radius 1 is 1.14 bits per heavy atom. The van der Waals surface area contributed by atoms with Gasteiger partial charge >= 0.3 is 6.03 Å². The van der Waals surface area contributed by atoms with Crippen molar-refractivity contribution in [1.82, 2.24) is 5.32 Å². The molecule has 110 valence electrons. The van der Waals surface area contributed by atoms with Gasteiger partial charge in [-0.1, -0.05) is 30.3 Å². The number of benzene rings is 2. The first-order chi connectivity index (χ1) is 10.2. The van der Waals surface area contributed by atoms with Crippen molar-refractivity contribution in [3.05, 3.63) is 59.7 Å². The van der Waals surface area contributed by atoms with Crippen molar-refractivity contribution in [2.75, 3.05) is 12.4 Å². The fourth-order valence-corrected chi connectivity index (χ4v) is 1.93. The normalized spacial score (nSPS) is 10.0. The minimum atomic E-state index is -0.263. The lowest BCUT2D eigenvalue weighted by molar-refractivity contribution is 0.251. The molecular weight excluding hydrogens is 266 g/mol. The molecule has 0 fully saturated rings. The van der Waals surface area contributed by atoms with Gasteiger partial charge in [0.05, 0.1) is 7.11 Å². The zero-order valence-corrected chi connectivity index (χ0v) is 11.9. The minimum Gasteiger partial charge on any atom is -0.497 e. The topological polar surface area (TPSA) is 76.4 Å². The van der Waals surface area contributed by atoms with Crippen LogP contribution < -0.4 is 21.1 Å². The molecule has 0 spiro atoms. The molecule has 0 atom stereocenters. The second kappa shape index (κ2) is 7.31. The van der Waals surface area contributed by atoms with Crippen LogP contribution in [0.15, 0.2) is 48.5 Å². The average molecular weight is 285 g/mol. The Morgan fingerprint density at radius 3 is 2.67 bits per heavy atom. The molecule has 2 amide bonds. The van der Waals surface area contributed by atoms with Crippen LogP contribution in [0.2, 0.25) is 0 Å². The summed E-state index contributed by atoms with van der Waals surface area (Å²) >= 11 is 0. The van der Waals surface area contributed by atoms with E-state index in [2.05, 4.69) is 10.6 Å². The van der Waals surface area contributed by atoms with Gasteiger partial charge in [0.1, 0.15) is 5.75 Å².